The van der Waals surface area contributed by atoms with Gasteiger partial charge in [-0.15, -0.1) is 0 Å². The van der Waals surface area contributed by atoms with Gasteiger partial charge in [-0.3, -0.25) is 0 Å². The summed E-state index contributed by atoms with van der Waals surface area (Å²) < 4.78 is 0. The van der Waals surface area contributed by atoms with Crippen LogP contribution >= 0.6 is 0 Å². The Bertz CT molecular complexity index is 425. The third-order valence-electron chi connectivity index (χ3n) is 4.91. The summed E-state index contributed by atoms with van der Waals surface area (Å²) in [5, 5.41) is 8.38. The van der Waals surface area contributed by atoms with Gasteiger partial charge in [0.1, 0.15) is 0 Å². The number of carboxylic acids is 1. The van der Waals surface area contributed by atoms with E-state index >= 15 is 0 Å². The first kappa shape index (κ1) is 25.7. The van der Waals surface area contributed by atoms with Crippen LogP contribution in [0.2, 0.25) is 0 Å². The fourth-order valence-electron chi connectivity index (χ4n) is 3.15. The number of carbonyl (C=O) groups is 1. The van der Waals surface area contributed by atoms with Crippen LogP contribution in [-0.4, -0.2) is 11.1 Å². The van der Waals surface area contributed by atoms with Crippen molar-refractivity contribution in [2.75, 3.05) is 0 Å². The third-order valence-corrected chi connectivity index (χ3v) is 4.91. The maximum atomic E-state index is 10.2. The highest BCUT2D eigenvalue weighted by Gasteiger charge is 1.97. The second kappa shape index (κ2) is 19.5. The molecule has 2 nitrogen and oxygen atoms in total. The lowest BCUT2D eigenvalue weighted by atomic mass is 10.0. The normalized spacial score (nSPS) is 10.5. The Morgan fingerprint density at radius 3 is 1.48 bits per heavy atom. The average molecular weight is 377 g/mol. The van der Waals surface area contributed by atoms with E-state index in [9.17, 15) is 4.79 Å². The van der Waals surface area contributed by atoms with E-state index < -0.39 is 5.97 Å². The summed E-state index contributed by atoms with van der Waals surface area (Å²) in [6, 6.07) is 8.30. The van der Waals surface area contributed by atoms with Gasteiger partial charge in [0.2, 0.25) is 0 Å². The molecule has 1 aromatic carbocycles. The minimum Gasteiger partial charge on any atom is -0.478 e. The Labute approximate surface area is 168 Å². The zero-order chi connectivity index (χ0) is 20.2. The first-order chi connectivity index (χ1) is 13.1. The number of aromatic carboxylic acids is 1. The highest BCUT2D eigenvalue weighted by Crippen LogP contribution is 2.14. The Kier molecular flexibility index (Phi) is 18.5. The van der Waals surface area contributed by atoms with Gasteiger partial charge in [0.25, 0.3) is 0 Å². The number of benzene rings is 1. The Hall–Kier alpha value is -1.31. The van der Waals surface area contributed by atoms with Gasteiger partial charge in [-0.25, -0.2) is 4.79 Å². The molecule has 0 unspecified atom stereocenters. The van der Waals surface area contributed by atoms with Crippen molar-refractivity contribution >= 4 is 5.97 Å². The minimum atomic E-state index is -0.879. The fourth-order valence-corrected chi connectivity index (χ4v) is 3.15. The molecule has 0 aliphatic carbocycles. The van der Waals surface area contributed by atoms with Crippen LogP contribution in [0.25, 0.3) is 0 Å². The first-order valence-electron chi connectivity index (χ1n) is 11.4. The SMILES string of the molecule is CCCCCCCCCCCCCCCC(C)C.O=C(O)c1ccccc1. The van der Waals surface area contributed by atoms with Gasteiger partial charge < -0.3 is 5.11 Å². The Balaban J connectivity index is 0.000000621. The molecule has 0 fully saturated rings. The highest BCUT2D eigenvalue weighted by atomic mass is 16.4. The summed E-state index contributed by atoms with van der Waals surface area (Å²) in [5.74, 6) is 0.0216. The number of hydrogen-bond donors (Lipinski definition) is 1. The maximum Gasteiger partial charge on any atom is 0.335 e. The summed E-state index contributed by atoms with van der Waals surface area (Å²) in [6.07, 6.45) is 20.5. The van der Waals surface area contributed by atoms with Crippen LogP contribution in [0.3, 0.4) is 0 Å². The van der Waals surface area contributed by atoms with Crippen molar-refractivity contribution in [2.45, 2.75) is 111 Å². The van der Waals surface area contributed by atoms with Gasteiger partial charge in [-0.2, -0.15) is 0 Å². The lowest BCUT2D eigenvalue weighted by molar-refractivity contribution is 0.0697. The van der Waals surface area contributed by atoms with Crippen molar-refractivity contribution < 1.29 is 9.90 Å². The molecule has 0 aliphatic rings. The molecule has 0 aliphatic heterocycles. The van der Waals surface area contributed by atoms with Crippen LogP contribution in [0.5, 0.6) is 0 Å². The largest absolute Gasteiger partial charge is 0.478 e. The van der Waals surface area contributed by atoms with E-state index in [0.29, 0.717) is 5.56 Å². The zero-order valence-corrected chi connectivity index (χ0v) is 18.2. The van der Waals surface area contributed by atoms with E-state index in [1.165, 1.54) is 89.9 Å². The summed E-state index contributed by atoms with van der Waals surface area (Å²) in [5.41, 5.74) is 0.331. The van der Waals surface area contributed by atoms with E-state index in [1.54, 1.807) is 30.3 Å². The summed E-state index contributed by atoms with van der Waals surface area (Å²) >= 11 is 0. The van der Waals surface area contributed by atoms with Crippen molar-refractivity contribution in [1.82, 2.24) is 0 Å². The second-order valence-corrected chi connectivity index (χ2v) is 8.10. The molecule has 1 N–H and O–H groups in total. The van der Waals surface area contributed by atoms with Crippen molar-refractivity contribution in [2.24, 2.45) is 5.92 Å². The number of hydrogen-bond acceptors (Lipinski definition) is 1. The summed E-state index contributed by atoms with van der Waals surface area (Å²) in [7, 11) is 0. The van der Waals surface area contributed by atoms with Crippen molar-refractivity contribution in [3.63, 3.8) is 0 Å². The molecule has 1 rings (SSSR count). The van der Waals surface area contributed by atoms with Gasteiger partial charge >= 0.3 is 5.97 Å². The van der Waals surface area contributed by atoms with Gasteiger partial charge in [-0.05, 0) is 18.1 Å². The maximum absolute atomic E-state index is 10.2. The minimum absolute atomic E-state index is 0.331. The predicted molar refractivity (Wildman–Crippen MR) is 119 cm³/mol. The van der Waals surface area contributed by atoms with Crippen molar-refractivity contribution in [3.05, 3.63) is 35.9 Å². The second-order valence-electron chi connectivity index (χ2n) is 8.10. The van der Waals surface area contributed by atoms with Crippen molar-refractivity contribution in [3.8, 4) is 0 Å². The summed E-state index contributed by atoms with van der Waals surface area (Å²) in [6.45, 7) is 6.96. The molecule has 27 heavy (non-hydrogen) atoms. The van der Waals surface area contributed by atoms with E-state index in [0.717, 1.165) is 5.92 Å². The fraction of sp³-hybridized carbons (Fsp3) is 0.720. The first-order valence-corrected chi connectivity index (χ1v) is 11.4. The van der Waals surface area contributed by atoms with Crippen LogP contribution in [0.15, 0.2) is 30.3 Å². The lowest BCUT2D eigenvalue weighted by Crippen LogP contribution is -1.93. The average Bonchev–Trinajstić information content (AvgIpc) is 2.66. The molecule has 1 aromatic rings. The predicted octanol–water partition coefficient (Wildman–Crippen LogP) is 8.51. The molecule has 0 saturated heterocycles. The number of rotatable bonds is 15. The molecule has 0 amide bonds. The lowest BCUT2D eigenvalue weighted by Gasteiger charge is -2.04. The number of carboxylic acid groups (broad SMARTS) is 1. The third kappa shape index (κ3) is 19.3. The van der Waals surface area contributed by atoms with E-state index in [4.69, 9.17) is 5.11 Å². The van der Waals surface area contributed by atoms with Crippen LogP contribution in [-0.2, 0) is 0 Å². The zero-order valence-electron chi connectivity index (χ0n) is 18.2. The molecule has 156 valence electrons. The van der Waals surface area contributed by atoms with E-state index in [-0.39, 0.29) is 0 Å². The van der Waals surface area contributed by atoms with Crippen LogP contribution in [0.4, 0.5) is 0 Å². The van der Waals surface area contributed by atoms with Crippen LogP contribution in [0, 0.1) is 5.92 Å². The molecule has 2 heteroatoms. The quantitative estimate of drug-likeness (QED) is 0.311. The monoisotopic (exact) mass is 376 g/mol. The van der Waals surface area contributed by atoms with E-state index in [2.05, 4.69) is 20.8 Å². The molecule has 0 spiro atoms. The molecule has 0 radical (unpaired) electrons. The molecule has 0 saturated carbocycles. The molecule has 0 bridgehead atoms. The van der Waals surface area contributed by atoms with Gasteiger partial charge in [0.15, 0.2) is 0 Å². The van der Waals surface area contributed by atoms with Gasteiger partial charge in [0.05, 0.1) is 5.56 Å². The van der Waals surface area contributed by atoms with Gasteiger partial charge in [-0.1, -0.05) is 129 Å². The molecule has 0 atom stereocenters. The van der Waals surface area contributed by atoms with Crippen LogP contribution < -0.4 is 0 Å². The molecular formula is C25H44O2. The summed E-state index contributed by atoms with van der Waals surface area (Å²) in [4.78, 5) is 10.2. The molecule has 0 heterocycles. The Morgan fingerprint density at radius 2 is 1.15 bits per heavy atom. The highest BCUT2D eigenvalue weighted by molar-refractivity contribution is 5.87. The smallest absolute Gasteiger partial charge is 0.335 e. The number of unbranched alkanes of at least 4 members (excludes halogenated alkanes) is 12. The van der Waals surface area contributed by atoms with Gasteiger partial charge in [0, 0.05) is 0 Å². The topological polar surface area (TPSA) is 37.3 Å². The molecule has 0 aromatic heterocycles. The molecular weight excluding hydrogens is 332 g/mol. The van der Waals surface area contributed by atoms with Crippen LogP contribution in [0.1, 0.15) is 121 Å². The standard InChI is InChI=1S/C18H38.C7H6O2/c1-4-5-6-7-8-9-10-11-12-13-14-15-16-17-18(2)3;8-7(9)6-4-2-1-3-5-6/h18H,4-17H2,1-3H3;1-5H,(H,8,9). The Morgan fingerprint density at radius 1 is 0.741 bits per heavy atom. The van der Waals surface area contributed by atoms with Crippen molar-refractivity contribution in [1.29, 1.82) is 0 Å². The van der Waals surface area contributed by atoms with E-state index in [1.807, 2.05) is 0 Å².